The van der Waals surface area contributed by atoms with Crippen molar-refractivity contribution in [3.63, 3.8) is 0 Å². The van der Waals surface area contributed by atoms with Gasteiger partial charge in [0.05, 0.1) is 41.4 Å². The Morgan fingerprint density at radius 3 is 2.27 bits per heavy atom. The summed E-state index contributed by atoms with van der Waals surface area (Å²) in [7, 11) is 1.50. The molecule has 2 amide bonds. The number of aromatic nitrogens is 1. The molecular formula is C33H25Br2ClN2O6. The number of amides is 2. The second-order valence-electron chi connectivity index (χ2n) is 10.7. The van der Waals surface area contributed by atoms with E-state index in [1.165, 1.54) is 12.0 Å². The smallest absolute Gasteiger partial charge is 0.339 e. The second kappa shape index (κ2) is 12.4. The van der Waals surface area contributed by atoms with Crippen LogP contribution in [0.3, 0.4) is 0 Å². The number of fused-ring (bicyclic) bond motifs is 2. The second-order valence-corrected chi connectivity index (χ2v) is 13.5. The topological polar surface area (TPSA) is 103 Å². The molecule has 224 valence electrons. The van der Waals surface area contributed by atoms with Crippen molar-refractivity contribution < 1.29 is 28.7 Å². The standard InChI is InChI=1S/C33H25Br2ClN2O6/c1-43-21-4-2-3-18(11-21)30(39)16-44-33(42)25-15-29(37-28-10-7-19(36)12-22(25)28)17-5-8-20(9-6-17)38-31(40)23-13-26(34)27(35)14-24(23)32(38)41/h2-12,15,23-24,26-27H,13-14,16H2,1H3. The third kappa shape index (κ3) is 5.78. The number of carbonyl (C=O) groups excluding carboxylic acids is 4. The molecule has 6 rings (SSSR count). The van der Waals surface area contributed by atoms with Crippen LogP contribution in [0.15, 0.2) is 72.8 Å². The van der Waals surface area contributed by atoms with Crippen molar-refractivity contribution in [1.82, 2.24) is 4.98 Å². The molecule has 3 aromatic carbocycles. The number of halogens is 3. The summed E-state index contributed by atoms with van der Waals surface area (Å²) in [4.78, 5) is 58.8. The highest BCUT2D eigenvalue weighted by molar-refractivity contribution is 9.12. The molecule has 8 nitrogen and oxygen atoms in total. The molecule has 2 heterocycles. The summed E-state index contributed by atoms with van der Waals surface area (Å²) in [5.74, 6) is -1.65. The fourth-order valence-electron chi connectivity index (χ4n) is 5.73. The van der Waals surface area contributed by atoms with E-state index >= 15 is 0 Å². The molecule has 0 radical (unpaired) electrons. The van der Waals surface area contributed by atoms with Crippen LogP contribution in [0.2, 0.25) is 5.02 Å². The maximum Gasteiger partial charge on any atom is 0.339 e. The number of methoxy groups -OCH3 is 1. The molecule has 44 heavy (non-hydrogen) atoms. The SMILES string of the molecule is COc1cccc(C(=O)COC(=O)c2cc(-c3ccc(N4C(=O)C5CC(Br)C(Br)CC5C4=O)cc3)nc3ccc(Cl)cc23)c1. The first-order valence-corrected chi connectivity index (χ1v) is 16.1. The van der Waals surface area contributed by atoms with Gasteiger partial charge in [-0.05, 0) is 61.4 Å². The molecule has 1 aliphatic heterocycles. The first-order valence-electron chi connectivity index (χ1n) is 13.9. The lowest BCUT2D eigenvalue weighted by molar-refractivity contribution is -0.122. The fraction of sp³-hybridized carbons (Fsp3) is 0.242. The number of ketones is 1. The van der Waals surface area contributed by atoms with Crippen LogP contribution in [0.1, 0.15) is 33.6 Å². The van der Waals surface area contributed by atoms with Gasteiger partial charge < -0.3 is 9.47 Å². The van der Waals surface area contributed by atoms with Crippen LogP contribution in [0.5, 0.6) is 5.75 Å². The zero-order chi connectivity index (χ0) is 31.1. The maximum atomic E-state index is 13.3. The van der Waals surface area contributed by atoms with E-state index in [0.717, 1.165) is 0 Å². The lowest BCUT2D eigenvalue weighted by Crippen LogP contribution is -2.34. The van der Waals surface area contributed by atoms with E-state index in [-0.39, 0.29) is 44.7 Å². The Hall–Kier alpha value is -3.60. The highest BCUT2D eigenvalue weighted by atomic mass is 79.9. The van der Waals surface area contributed by atoms with Gasteiger partial charge in [-0.3, -0.25) is 19.3 Å². The number of anilines is 1. The minimum atomic E-state index is -0.708. The van der Waals surface area contributed by atoms with Crippen LogP contribution < -0.4 is 9.64 Å². The van der Waals surface area contributed by atoms with Crippen molar-refractivity contribution >= 4 is 83.6 Å². The zero-order valence-corrected chi connectivity index (χ0v) is 27.3. The van der Waals surface area contributed by atoms with Crippen molar-refractivity contribution in [3.8, 4) is 17.0 Å². The highest BCUT2D eigenvalue weighted by Gasteiger charge is 2.52. The number of benzene rings is 3. The first-order chi connectivity index (χ1) is 21.1. The Balaban J connectivity index is 1.26. The van der Waals surface area contributed by atoms with Crippen LogP contribution in [0.4, 0.5) is 5.69 Å². The summed E-state index contributed by atoms with van der Waals surface area (Å²) < 4.78 is 10.6. The largest absolute Gasteiger partial charge is 0.497 e. The number of rotatable bonds is 7. The van der Waals surface area contributed by atoms with Gasteiger partial charge in [-0.25, -0.2) is 9.78 Å². The fourth-order valence-corrected chi connectivity index (χ4v) is 7.14. The van der Waals surface area contributed by atoms with Crippen molar-refractivity contribution in [3.05, 3.63) is 88.9 Å². The van der Waals surface area contributed by atoms with Crippen LogP contribution in [-0.4, -0.2) is 51.9 Å². The van der Waals surface area contributed by atoms with E-state index in [1.54, 1.807) is 72.8 Å². The van der Waals surface area contributed by atoms with Gasteiger partial charge in [0.1, 0.15) is 5.75 Å². The Morgan fingerprint density at radius 1 is 0.932 bits per heavy atom. The van der Waals surface area contributed by atoms with Gasteiger partial charge in [0, 0.05) is 31.2 Å². The van der Waals surface area contributed by atoms with Gasteiger partial charge in [-0.15, -0.1) is 0 Å². The number of nitrogens with zero attached hydrogens (tertiary/aromatic N) is 2. The number of Topliss-reactive ketones (excluding diaryl/α,β-unsaturated/α-hetero) is 1. The van der Waals surface area contributed by atoms with Gasteiger partial charge in [0.25, 0.3) is 0 Å². The lowest BCUT2D eigenvalue weighted by atomic mass is 9.81. The Kier molecular flexibility index (Phi) is 8.59. The summed E-state index contributed by atoms with van der Waals surface area (Å²) in [5.41, 5.74) is 2.66. The Morgan fingerprint density at radius 2 is 1.61 bits per heavy atom. The predicted molar refractivity (Wildman–Crippen MR) is 174 cm³/mol. The summed E-state index contributed by atoms with van der Waals surface area (Å²) in [6.45, 7) is -0.466. The number of hydrogen-bond donors (Lipinski definition) is 0. The number of pyridine rings is 1. The molecule has 2 fully saturated rings. The zero-order valence-electron chi connectivity index (χ0n) is 23.3. The van der Waals surface area contributed by atoms with Gasteiger partial charge in [0.2, 0.25) is 11.8 Å². The number of ether oxygens (including phenoxy) is 2. The Bertz CT molecular complexity index is 1790. The molecule has 0 bridgehead atoms. The van der Waals surface area contributed by atoms with Crippen LogP contribution >= 0.6 is 43.5 Å². The molecule has 11 heteroatoms. The number of hydrogen-bond acceptors (Lipinski definition) is 7. The number of carbonyl (C=O) groups is 4. The third-order valence-electron chi connectivity index (χ3n) is 8.05. The van der Waals surface area contributed by atoms with Crippen molar-refractivity contribution in [1.29, 1.82) is 0 Å². The van der Waals surface area contributed by atoms with Crippen LogP contribution in [0.25, 0.3) is 22.2 Å². The Labute approximate surface area is 274 Å². The number of esters is 1. The van der Waals surface area contributed by atoms with Crippen molar-refractivity contribution in [2.75, 3.05) is 18.6 Å². The van der Waals surface area contributed by atoms with Crippen molar-refractivity contribution in [2.45, 2.75) is 22.5 Å². The minimum Gasteiger partial charge on any atom is -0.497 e. The molecular weight excluding hydrogens is 716 g/mol. The van der Waals surface area contributed by atoms with E-state index in [1.807, 2.05) is 0 Å². The van der Waals surface area contributed by atoms with Gasteiger partial charge >= 0.3 is 5.97 Å². The van der Waals surface area contributed by atoms with E-state index in [9.17, 15) is 19.2 Å². The van der Waals surface area contributed by atoms with Gasteiger partial charge in [-0.2, -0.15) is 0 Å². The van der Waals surface area contributed by atoms with Crippen molar-refractivity contribution in [2.24, 2.45) is 11.8 Å². The normalized spacial score (nSPS) is 21.3. The van der Waals surface area contributed by atoms with Crippen LogP contribution in [0, 0.1) is 11.8 Å². The predicted octanol–water partition coefficient (Wildman–Crippen LogP) is 7.03. The summed E-state index contributed by atoms with van der Waals surface area (Å²) in [5, 5.41) is 0.888. The maximum absolute atomic E-state index is 13.3. The summed E-state index contributed by atoms with van der Waals surface area (Å²) in [6, 6.07) is 20.1. The molecule has 1 saturated heterocycles. The number of imide groups is 1. The van der Waals surface area contributed by atoms with E-state index in [0.29, 0.717) is 57.0 Å². The number of alkyl halides is 2. The highest BCUT2D eigenvalue weighted by Crippen LogP contribution is 2.44. The molecule has 4 aromatic rings. The van der Waals surface area contributed by atoms with Gasteiger partial charge in [-0.1, -0.05) is 67.7 Å². The van der Waals surface area contributed by atoms with E-state index in [4.69, 9.17) is 26.1 Å². The van der Waals surface area contributed by atoms with Crippen LogP contribution in [-0.2, 0) is 14.3 Å². The average Bonchev–Trinajstić information content (AvgIpc) is 3.27. The molecule has 1 saturated carbocycles. The summed E-state index contributed by atoms with van der Waals surface area (Å²) in [6.07, 6.45) is 1.18. The third-order valence-corrected chi connectivity index (χ3v) is 11.0. The lowest BCUT2D eigenvalue weighted by Gasteiger charge is -2.29. The monoisotopic (exact) mass is 738 g/mol. The minimum absolute atomic E-state index is 0.123. The molecule has 2 aliphatic rings. The summed E-state index contributed by atoms with van der Waals surface area (Å²) >= 11 is 13.5. The molecule has 0 N–H and O–H groups in total. The average molecular weight is 741 g/mol. The molecule has 4 atom stereocenters. The molecule has 4 unspecified atom stereocenters. The quantitative estimate of drug-likeness (QED) is 0.0868. The first kappa shape index (κ1) is 30.4. The molecule has 0 spiro atoms. The molecule has 1 aliphatic carbocycles. The molecule has 1 aromatic heterocycles. The van der Waals surface area contributed by atoms with E-state index in [2.05, 4.69) is 31.9 Å². The van der Waals surface area contributed by atoms with Gasteiger partial charge in [0.15, 0.2) is 12.4 Å². The van der Waals surface area contributed by atoms with E-state index < -0.39 is 12.6 Å².